The summed E-state index contributed by atoms with van der Waals surface area (Å²) < 4.78 is 10.7. The average molecular weight is 334 g/mol. The zero-order valence-electron chi connectivity index (χ0n) is 13.3. The standard InChI is InChI=1S/C18H20ClNO3/c1-20(10-11-23-17-5-3-4-15(19)13-17)18(21)12-14-6-8-16(22-2)9-7-14/h3-9,13H,10-12H2,1-2H3. The van der Waals surface area contributed by atoms with E-state index in [4.69, 9.17) is 21.1 Å². The molecule has 23 heavy (non-hydrogen) atoms. The van der Waals surface area contributed by atoms with Gasteiger partial charge in [-0.3, -0.25) is 4.79 Å². The molecule has 122 valence electrons. The van der Waals surface area contributed by atoms with E-state index < -0.39 is 0 Å². The molecule has 4 nitrogen and oxygen atoms in total. The summed E-state index contributed by atoms with van der Waals surface area (Å²) in [6.45, 7) is 0.937. The van der Waals surface area contributed by atoms with Crippen LogP contribution in [0.3, 0.4) is 0 Å². The number of nitrogens with zero attached hydrogens (tertiary/aromatic N) is 1. The predicted molar refractivity (Wildman–Crippen MR) is 91.3 cm³/mol. The van der Waals surface area contributed by atoms with E-state index in [9.17, 15) is 4.79 Å². The summed E-state index contributed by atoms with van der Waals surface area (Å²) >= 11 is 5.90. The van der Waals surface area contributed by atoms with Gasteiger partial charge in [-0.1, -0.05) is 29.8 Å². The largest absolute Gasteiger partial charge is 0.497 e. The van der Waals surface area contributed by atoms with Crippen LogP contribution in [0, 0.1) is 0 Å². The first-order valence-corrected chi connectivity index (χ1v) is 7.71. The van der Waals surface area contributed by atoms with Crippen LogP contribution in [-0.2, 0) is 11.2 Å². The number of hydrogen-bond donors (Lipinski definition) is 0. The molecule has 1 amide bonds. The molecular weight excluding hydrogens is 314 g/mol. The monoisotopic (exact) mass is 333 g/mol. The molecule has 0 unspecified atom stereocenters. The van der Waals surface area contributed by atoms with E-state index in [1.54, 1.807) is 31.2 Å². The summed E-state index contributed by atoms with van der Waals surface area (Å²) in [5.41, 5.74) is 0.957. The van der Waals surface area contributed by atoms with Crippen molar-refractivity contribution in [3.05, 3.63) is 59.1 Å². The highest BCUT2D eigenvalue weighted by Gasteiger charge is 2.10. The van der Waals surface area contributed by atoms with Gasteiger partial charge in [0.25, 0.3) is 0 Å². The maximum atomic E-state index is 12.2. The summed E-state index contributed by atoms with van der Waals surface area (Å²) in [5.74, 6) is 1.53. The van der Waals surface area contributed by atoms with E-state index in [0.717, 1.165) is 11.3 Å². The molecular formula is C18H20ClNO3. The lowest BCUT2D eigenvalue weighted by molar-refractivity contribution is -0.129. The molecule has 0 fully saturated rings. The first-order chi connectivity index (χ1) is 11.1. The molecule has 0 heterocycles. The lowest BCUT2D eigenvalue weighted by atomic mass is 10.1. The zero-order chi connectivity index (χ0) is 16.7. The summed E-state index contributed by atoms with van der Waals surface area (Å²) in [4.78, 5) is 13.8. The fourth-order valence-corrected chi connectivity index (χ4v) is 2.22. The molecule has 2 rings (SSSR count). The van der Waals surface area contributed by atoms with Gasteiger partial charge >= 0.3 is 0 Å². The fraction of sp³-hybridized carbons (Fsp3) is 0.278. The van der Waals surface area contributed by atoms with Crippen LogP contribution < -0.4 is 9.47 Å². The number of carbonyl (C=O) groups is 1. The van der Waals surface area contributed by atoms with E-state index in [1.807, 2.05) is 36.4 Å². The third-order valence-electron chi connectivity index (χ3n) is 3.43. The summed E-state index contributed by atoms with van der Waals surface area (Å²) in [5, 5.41) is 0.631. The van der Waals surface area contributed by atoms with Gasteiger partial charge in [-0.2, -0.15) is 0 Å². The van der Waals surface area contributed by atoms with E-state index >= 15 is 0 Å². The number of ether oxygens (including phenoxy) is 2. The number of rotatable bonds is 7. The third kappa shape index (κ3) is 5.49. The molecule has 0 aliphatic carbocycles. The first kappa shape index (κ1) is 17.2. The molecule has 0 N–H and O–H groups in total. The topological polar surface area (TPSA) is 38.8 Å². The molecule has 0 aliphatic rings. The van der Waals surface area contributed by atoms with E-state index in [1.165, 1.54) is 0 Å². The Morgan fingerprint density at radius 3 is 2.52 bits per heavy atom. The Kier molecular flexibility index (Phi) is 6.29. The quantitative estimate of drug-likeness (QED) is 0.779. The van der Waals surface area contributed by atoms with Crippen LogP contribution in [0.5, 0.6) is 11.5 Å². The van der Waals surface area contributed by atoms with E-state index in [2.05, 4.69) is 0 Å². The van der Waals surface area contributed by atoms with Crippen molar-refractivity contribution in [1.82, 2.24) is 4.90 Å². The lowest BCUT2D eigenvalue weighted by Crippen LogP contribution is -2.32. The number of carbonyl (C=O) groups excluding carboxylic acids is 1. The molecule has 0 saturated carbocycles. The Bertz CT molecular complexity index is 643. The Morgan fingerprint density at radius 1 is 1.13 bits per heavy atom. The van der Waals surface area contributed by atoms with Crippen molar-refractivity contribution in [3.8, 4) is 11.5 Å². The average Bonchev–Trinajstić information content (AvgIpc) is 2.55. The summed E-state index contributed by atoms with van der Waals surface area (Å²) in [6, 6.07) is 14.7. The van der Waals surface area contributed by atoms with E-state index in [0.29, 0.717) is 30.3 Å². The Balaban J connectivity index is 1.78. The van der Waals surface area contributed by atoms with Gasteiger partial charge in [0.15, 0.2) is 0 Å². The van der Waals surface area contributed by atoms with Crippen molar-refractivity contribution >= 4 is 17.5 Å². The first-order valence-electron chi connectivity index (χ1n) is 7.34. The SMILES string of the molecule is COc1ccc(CC(=O)N(C)CCOc2cccc(Cl)c2)cc1. The maximum Gasteiger partial charge on any atom is 0.226 e. The van der Waals surface area contributed by atoms with Crippen LogP contribution in [0.2, 0.25) is 5.02 Å². The molecule has 0 aromatic heterocycles. The normalized spacial score (nSPS) is 10.2. The van der Waals surface area contributed by atoms with Crippen LogP contribution in [0.4, 0.5) is 0 Å². The Labute approximate surface area is 141 Å². The van der Waals surface area contributed by atoms with Crippen LogP contribution in [0.15, 0.2) is 48.5 Å². The van der Waals surface area contributed by atoms with Gasteiger partial charge in [0.2, 0.25) is 5.91 Å². The van der Waals surface area contributed by atoms with Gasteiger partial charge in [-0.05, 0) is 35.9 Å². The highest BCUT2D eigenvalue weighted by atomic mass is 35.5. The van der Waals surface area contributed by atoms with Crippen molar-refractivity contribution in [1.29, 1.82) is 0 Å². The van der Waals surface area contributed by atoms with Crippen molar-refractivity contribution in [2.75, 3.05) is 27.3 Å². The van der Waals surface area contributed by atoms with Gasteiger partial charge in [-0.25, -0.2) is 0 Å². The van der Waals surface area contributed by atoms with Crippen molar-refractivity contribution in [3.63, 3.8) is 0 Å². The van der Waals surface area contributed by atoms with Crippen molar-refractivity contribution in [2.24, 2.45) is 0 Å². The van der Waals surface area contributed by atoms with Crippen molar-refractivity contribution < 1.29 is 14.3 Å². The van der Waals surface area contributed by atoms with Crippen molar-refractivity contribution in [2.45, 2.75) is 6.42 Å². The molecule has 0 radical (unpaired) electrons. The maximum absolute atomic E-state index is 12.2. The molecule has 2 aromatic carbocycles. The molecule has 0 bridgehead atoms. The number of likely N-dealkylation sites (N-methyl/N-ethyl adjacent to an activating group) is 1. The highest BCUT2D eigenvalue weighted by molar-refractivity contribution is 6.30. The number of amides is 1. The lowest BCUT2D eigenvalue weighted by Gasteiger charge is -2.17. The van der Waals surface area contributed by atoms with Gasteiger partial charge in [-0.15, -0.1) is 0 Å². The zero-order valence-corrected chi connectivity index (χ0v) is 14.0. The molecule has 0 atom stereocenters. The smallest absolute Gasteiger partial charge is 0.226 e. The molecule has 0 spiro atoms. The number of halogens is 1. The van der Waals surface area contributed by atoms with Gasteiger partial charge < -0.3 is 14.4 Å². The third-order valence-corrected chi connectivity index (χ3v) is 3.67. The highest BCUT2D eigenvalue weighted by Crippen LogP contribution is 2.17. The Morgan fingerprint density at radius 2 is 1.87 bits per heavy atom. The predicted octanol–water partition coefficient (Wildman–Crippen LogP) is 3.43. The second-order valence-corrected chi connectivity index (χ2v) is 5.58. The van der Waals surface area contributed by atoms with Gasteiger partial charge in [0, 0.05) is 12.1 Å². The minimum absolute atomic E-state index is 0.0462. The van der Waals surface area contributed by atoms with E-state index in [-0.39, 0.29) is 5.91 Å². The molecule has 5 heteroatoms. The van der Waals surface area contributed by atoms with Gasteiger partial charge in [0.1, 0.15) is 18.1 Å². The summed E-state index contributed by atoms with van der Waals surface area (Å²) in [7, 11) is 3.39. The number of hydrogen-bond acceptors (Lipinski definition) is 3. The molecule has 2 aromatic rings. The fourth-order valence-electron chi connectivity index (χ4n) is 2.03. The summed E-state index contributed by atoms with van der Waals surface area (Å²) in [6.07, 6.45) is 0.359. The minimum atomic E-state index is 0.0462. The molecule has 0 aliphatic heterocycles. The number of methoxy groups -OCH3 is 1. The second kappa shape index (κ2) is 8.44. The van der Waals surface area contributed by atoms with Gasteiger partial charge in [0.05, 0.1) is 20.1 Å². The van der Waals surface area contributed by atoms with Crippen LogP contribution in [0.25, 0.3) is 0 Å². The second-order valence-electron chi connectivity index (χ2n) is 5.15. The van der Waals surface area contributed by atoms with Crippen LogP contribution in [-0.4, -0.2) is 38.1 Å². The van der Waals surface area contributed by atoms with Crippen LogP contribution >= 0.6 is 11.6 Å². The molecule has 0 saturated heterocycles. The van der Waals surface area contributed by atoms with Crippen LogP contribution in [0.1, 0.15) is 5.56 Å². The minimum Gasteiger partial charge on any atom is -0.497 e. The number of benzene rings is 2. The Hall–Kier alpha value is -2.20.